The summed E-state index contributed by atoms with van der Waals surface area (Å²) in [6.45, 7) is 6.56. The number of rotatable bonds is 8. The minimum Gasteiger partial charge on any atom is -0.494 e. The lowest BCUT2D eigenvalue weighted by molar-refractivity contribution is -0.121. The van der Waals surface area contributed by atoms with Crippen LogP contribution >= 0.6 is 11.6 Å². The standard InChI is InChI=1S/C24H25ClN4O2/c1-16-20(9-7-18(15-26)22(16)25)29-23(30)24(2,3)28-12-5-13-31-19-8-10-21-17(14-19)6-4-11-27-21/h4,6-11,14,28H,5,12-13H2,1-3H3,(H,29,30). The number of carbonyl (C=O) groups is 1. The van der Waals surface area contributed by atoms with E-state index in [-0.39, 0.29) is 5.91 Å². The Balaban J connectivity index is 1.48. The maximum absolute atomic E-state index is 12.7. The van der Waals surface area contributed by atoms with Gasteiger partial charge in [-0.15, -0.1) is 0 Å². The Labute approximate surface area is 187 Å². The number of pyridine rings is 1. The molecular weight excluding hydrogens is 412 g/mol. The zero-order chi connectivity index (χ0) is 22.4. The van der Waals surface area contributed by atoms with Gasteiger partial charge < -0.3 is 15.4 Å². The molecule has 0 aliphatic rings. The summed E-state index contributed by atoms with van der Waals surface area (Å²) < 4.78 is 5.83. The number of halogens is 1. The van der Waals surface area contributed by atoms with E-state index >= 15 is 0 Å². The van der Waals surface area contributed by atoms with Crippen molar-refractivity contribution in [3.05, 3.63) is 64.8 Å². The fourth-order valence-corrected chi connectivity index (χ4v) is 3.28. The Morgan fingerprint density at radius 3 is 2.84 bits per heavy atom. The largest absolute Gasteiger partial charge is 0.494 e. The Morgan fingerprint density at radius 1 is 1.26 bits per heavy atom. The molecule has 160 valence electrons. The topological polar surface area (TPSA) is 87.0 Å². The van der Waals surface area contributed by atoms with E-state index < -0.39 is 5.54 Å². The molecule has 6 nitrogen and oxygen atoms in total. The molecule has 0 fully saturated rings. The second-order valence-corrected chi connectivity index (χ2v) is 8.16. The molecule has 0 saturated carbocycles. The third-order valence-electron chi connectivity index (χ3n) is 5.05. The number of fused-ring (bicyclic) bond motifs is 1. The summed E-state index contributed by atoms with van der Waals surface area (Å²) in [6, 6.07) is 15.0. The first-order chi connectivity index (χ1) is 14.8. The smallest absolute Gasteiger partial charge is 0.244 e. The van der Waals surface area contributed by atoms with Crippen molar-refractivity contribution in [3.8, 4) is 11.8 Å². The maximum atomic E-state index is 12.7. The number of carbonyl (C=O) groups excluding carboxylic acids is 1. The minimum absolute atomic E-state index is 0.181. The molecule has 0 radical (unpaired) electrons. The van der Waals surface area contributed by atoms with E-state index in [9.17, 15) is 4.79 Å². The molecule has 1 amide bonds. The predicted molar refractivity (Wildman–Crippen MR) is 123 cm³/mol. The van der Waals surface area contributed by atoms with Gasteiger partial charge in [-0.1, -0.05) is 17.7 Å². The van der Waals surface area contributed by atoms with Crippen molar-refractivity contribution in [2.45, 2.75) is 32.7 Å². The molecule has 31 heavy (non-hydrogen) atoms. The van der Waals surface area contributed by atoms with Gasteiger partial charge in [0.1, 0.15) is 11.8 Å². The summed E-state index contributed by atoms with van der Waals surface area (Å²) >= 11 is 6.19. The number of hydrogen-bond acceptors (Lipinski definition) is 5. The van der Waals surface area contributed by atoms with Crippen LogP contribution in [0, 0.1) is 18.3 Å². The van der Waals surface area contributed by atoms with Gasteiger partial charge in [0.2, 0.25) is 5.91 Å². The molecule has 0 saturated heterocycles. The molecule has 3 rings (SSSR count). The van der Waals surface area contributed by atoms with E-state index in [0.29, 0.717) is 35.0 Å². The monoisotopic (exact) mass is 436 g/mol. The van der Waals surface area contributed by atoms with E-state index in [2.05, 4.69) is 15.6 Å². The third-order valence-corrected chi connectivity index (χ3v) is 5.54. The minimum atomic E-state index is -0.790. The Bertz CT molecular complexity index is 1140. The number of aromatic nitrogens is 1. The van der Waals surface area contributed by atoms with Crippen LogP contribution in [0.1, 0.15) is 31.4 Å². The quantitative estimate of drug-likeness (QED) is 0.493. The molecular formula is C24H25ClN4O2. The lowest BCUT2D eigenvalue weighted by atomic mass is 10.0. The fourth-order valence-electron chi connectivity index (χ4n) is 3.07. The summed E-state index contributed by atoms with van der Waals surface area (Å²) in [4.78, 5) is 17.0. The Kier molecular flexibility index (Phi) is 7.11. The van der Waals surface area contributed by atoms with Crippen molar-refractivity contribution in [1.29, 1.82) is 5.26 Å². The highest BCUT2D eigenvalue weighted by molar-refractivity contribution is 6.33. The number of nitrogens with zero attached hydrogens (tertiary/aromatic N) is 2. The van der Waals surface area contributed by atoms with Gasteiger partial charge in [-0.05, 0) is 75.7 Å². The average molecular weight is 437 g/mol. The van der Waals surface area contributed by atoms with Crippen molar-refractivity contribution < 1.29 is 9.53 Å². The van der Waals surface area contributed by atoms with Crippen LogP contribution in [0.5, 0.6) is 5.75 Å². The van der Waals surface area contributed by atoms with Crippen molar-refractivity contribution in [2.75, 3.05) is 18.5 Å². The summed E-state index contributed by atoms with van der Waals surface area (Å²) in [7, 11) is 0. The molecule has 0 atom stereocenters. The van der Waals surface area contributed by atoms with Crippen LogP contribution in [0.2, 0.25) is 5.02 Å². The third kappa shape index (κ3) is 5.52. The molecule has 7 heteroatoms. The van der Waals surface area contributed by atoms with Crippen LogP contribution in [-0.4, -0.2) is 29.6 Å². The lowest BCUT2D eigenvalue weighted by Crippen LogP contribution is -2.50. The highest BCUT2D eigenvalue weighted by atomic mass is 35.5. The Morgan fingerprint density at radius 2 is 2.06 bits per heavy atom. The molecule has 0 aliphatic heterocycles. The van der Waals surface area contributed by atoms with Gasteiger partial charge in [0.15, 0.2) is 0 Å². The first-order valence-corrected chi connectivity index (χ1v) is 10.4. The molecule has 3 aromatic rings. The SMILES string of the molecule is Cc1c(NC(=O)C(C)(C)NCCCOc2ccc3ncccc3c2)ccc(C#N)c1Cl. The second kappa shape index (κ2) is 9.78. The number of benzene rings is 2. The first kappa shape index (κ1) is 22.5. The maximum Gasteiger partial charge on any atom is 0.244 e. The highest BCUT2D eigenvalue weighted by Gasteiger charge is 2.27. The number of anilines is 1. The molecule has 0 unspecified atom stereocenters. The summed E-state index contributed by atoms with van der Waals surface area (Å²) in [5, 5.41) is 16.6. The van der Waals surface area contributed by atoms with E-state index in [0.717, 1.165) is 23.1 Å². The fraction of sp³-hybridized carbons (Fsp3) is 0.292. The molecule has 2 N–H and O–H groups in total. The second-order valence-electron chi connectivity index (χ2n) is 7.78. The summed E-state index contributed by atoms with van der Waals surface area (Å²) in [5.41, 5.74) is 1.80. The predicted octanol–water partition coefficient (Wildman–Crippen LogP) is 4.84. The van der Waals surface area contributed by atoms with Crippen molar-refractivity contribution >= 4 is 34.1 Å². The van der Waals surface area contributed by atoms with Crippen LogP contribution in [0.4, 0.5) is 5.69 Å². The number of amides is 1. The zero-order valence-corrected chi connectivity index (χ0v) is 18.6. The van der Waals surface area contributed by atoms with E-state index in [1.807, 2.05) is 50.2 Å². The Hall–Kier alpha value is -3.14. The van der Waals surface area contributed by atoms with Gasteiger partial charge in [-0.25, -0.2) is 0 Å². The van der Waals surface area contributed by atoms with E-state index in [1.165, 1.54) is 0 Å². The van der Waals surface area contributed by atoms with Gasteiger partial charge in [0.25, 0.3) is 0 Å². The normalized spacial score (nSPS) is 11.2. The molecule has 2 aromatic carbocycles. The molecule has 0 bridgehead atoms. The van der Waals surface area contributed by atoms with Gasteiger partial charge in [0, 0.05) is 17.3 Å². The number of nitrogens with one attached hydrogen (secondary N) is 2. The highest BCUT2D eigenvalue weighted by Crippen LogP contribution is 2.27. The number of ether oxygens (including phenoxy) is 1. The van der Waals surface area contributed by atoms with Gasteiger partial charge >= 0.3 is 0 Å². The van der Waals surface area contributed by atoms with E-state index in [1.54, 1.807) is 25.3 Å². The number of hydrogen-bond donors (Lipinski definition) is 2. The average Bonchev–Trinajstić information content (AvgIpc) is 2.76. The van der Waals surface area contributed by atoms with Crippen LogP contribution in [-0.2, 0) is 4.79 Å². The van der Waals surface area contributed by atoms with Crippen LogP contribution in [0.25, 0.3) is 10.9 Å². The molecule has 0 aliphatic carbocycles. The molecule has 1 heterocycles. The summed E-state index contributed by atoms with van der Waals surface area (Å²) in [6.07, 6.45) is 2.51. The van der Waals surface area contributed by atoms with Crippen LogP contribution in [0.15, 0.2) is 48.7 Å². The summed E-state index contributed by atoms with van der Waals surface area (Å²) in [5.74, 6) is 0.616. The van der Waals surface area contributed by atoms with Crippen LogP contribution in [0.3, 0.4) is 0 Å². The zero-order valence-electron chi connectivity index (χ0n) is 17.8. The molecule has 0 spiro atoms. The molecule has 1 aromatic heterocycles. The van der Waals surface area contributed by atoms with Gasteiger partial charge in [-0.2, -0.15) is 5.26 Å². The van der Waals surface area contributed by atoms with Crippen LogP contribution < -0.4 is 15.4 Å². The van der Waals surface area contributed by atoms with Gasteiger partial charge in [0.05, 0.1) is 28.2 Å². The number of nitriles is 1. The van der Waals surface area contributed by atoms with Crippen molar-refractivity contribution in [2.24, 2.45) is 0 Å². The lowest BCUT2D eigenvalue weighted by Gasteiger charge is -2.26. The van der Waals surface area contributed by atoms with Crippen molar-refractivity contribution in [3.63, 3.8) is 0 Å². The van der Waals surface area contributed by atoms with Crippen molar-refractivity contribution in [1.82, 2.24) is 10.3 Å². The first-order valence-electron chi connectivity index (χ1n) is 10.0. The van der Waals surface area contributed by atoms with Gasteiger partial charge in [-0.3, -0.25) is 9.78 Å². The van der Waals surface area contributed by atoms with E-state index in [4.69, 9.17) is 21.6 Å².